The molecule has 0 fully saturated rings. The molecule has 4 atom stereocenters. The number of aliphatic hydroxyl groups is 3. The van der Waals surface area contributed by atoms with Crippen molar-refractivity contribution in [3.05, 3.63) is 35.9 Å². The molecule has 0 aromatic heterocycles. The number of benzene rings is 1. The zero-order valence-electron chi connectivity index (χ0n) is 16.1. The molecule has 1 rings (SSSR count). The quantitative estimate of drug-likeness (QED) is 0.127. The first-order valence-electron chi connectivity index (χ1n) is 8.30. The number of nitrogens with zero attached hydrogens (tertiary/aromatic N) is 1. The van der Waals surface area contributed by atoms with Crippen LogP contribution in [0, 0.1) is 0 Å². The van der Waals surface area contributed by atoms with E-state index in [1.165, 1.54) is 6.92 Å². The maximum atomic E-state index is 13.8. The average Bonchev–Trinajstić information content (AvgIpc) is 2.64. The maximum absolute atomic E-state index is 13.8. The molecule has 3 N–H and O–H groups in total. The second-order valence-electron chi connectivity index (χ2n) is 5.87. The van der Waals surface area contributed by atoms with Crippen LogP contribution in [0.3, 0.4) is 0 Å². The van der Waals surface area contributed by atoms with E-state index < -0.39 is 51.1 Å². The van der Waals surface area contributed by atoms with Crippen LogP contribution in [0.25, 0.3) is 0 Å². The van der Waals surface area contributed by atoms with Crippen molar-refractivity contribution in [1.82, 2.24) is 5.06 Å². The number of hydrogen-bond donors (Lipinski definition) is 3. The molecule has 0 saturated carbocycles. The second-order valence-corrected chi connectivity index (χ2v) is 7.78. The molecule has 0 bridgehead atoms. The van der Waals surface area contributed by atoms with Gasteiger partial charge in [-0.25, -0.2) is 5.06 Å². The fourth-order valence-corrected chi connectivity index (χ4v) is 3.09. The summed E-state index contributed by atoms with van der Waals surface area (Å²) in [5.74, 6) is 0. The number of hydrogen-bond acceptors (Lipinski definition) is 8. The summed E-state index contributed by atoms with van der Waals surface area (Å²) in [5, 5.41) is 30.0. The van der Waals surface area contributed by atoms with Gasteiger partial charge in [-0.3, -0.25) is 9.63 Å². The molecular formula is C16H23F2NNaO8P. The van der Waals surface area contributed by atoms with Crippen LogP contribution in [-0.2, 0) is 25.3 Å². The van der Waals surface area contributed by atoms with Crippen molar-refractivity contribution in [2.24, 2.45) is 0 Å². The monoisotopic (exact) mass is 449 g/mol. The van der Waals surface area contributed by atoms with Gasteiger partial charge in [0.2, 0.25) is 14.0 Å². The minimum Gasteiger partial charge on any atom is -0.774 e. The zero-order chi connectivity index (χ0) is 21.4. The summed E-state index contributed by atoms with van der Waals surface area (Å²) >= 11 is 0. The first-order chi connectivity index (χ1) is 13.0. The fourth-order valence-electron chi connectivity index (χ4n) is 2.16. The summed E-state index contributed by atoms with van der Waals surface area (Å²) in [6.07, 6.45) is -7.87. The average molecular weight is 449 g/mol. The van der Waals surface area contributed by atoms with Gasteiger partial charge in [0.05, 0.1) is 19.3 Å². The number of carbonyl (C=O) groups is 1. The molecule has 13 heteroatoms. The van der Waals surface area contributed by atoms with Gasteiger partial charge in [0.15, 0.2) is 0 Å². The Hall–Kier alpha value is -0.460. The Labute approximate surface area is 189 Å². The van der Waals surface area contributed by atoms with Gasteiger partial charge in [0.1, 0.15) is 18.8 Å². The van der Waals surface area contributed by atoms with Gasteiger partial charge >= 0.3 is 35.2 Å². The van der Waals surface area contributed by atoms with Crippen LogP contribution in [0.2, 0.25) is 0 Å². The van der Waals surface area contributed by atoms with Gasteiger partial charge in [-0.1, -0.05) is 30.3 Å². The van der Waals surface area contributed by atoms with Gasteiger partial charge in [-0.2, -0.15) is 8.78 Å². The van der Waals surface area contributed by atoms with Crippen molar-refractivity contribution in [2.45, 2.75) is 43.9 Å². The minimum absolute atomic E-state index is 0. The molecule has 0 heterocycles. The molecule has 0 aliphatic heterocycles. The van der Waals surface area contributed by atoms with Crippen molar-refractivity contribution in [1.29, 1.82) is 0 Å². The van der Waals surface area contributed by atoms with Gasteiger partial charge in [0.25, 0.3) is 0 Å². The van der Waals surface area contributed by atoms with Crippen LogP contribution in [0.4, 0.5) is 8.78 Å². The first kappa shape index (κ1) is 28.5. The summed E-state index contributed by atoms with van der Waals surface area (Å²) in [6, 6.07) is 8.65. The van der Waals surface area contributed by atoms with Crippen LogP contribution < -0.4 is 34.5 Å². The Morgan fingerprint density at radius 3 is 2.34 bits per heavy atom. The van der Waals surface area contributed by atoms with E-state index in [1.54, 1.807) is 30.3 Å². The van der Waals surface area contributed by atoms with Crippen molar-refractivity contribution in [3.8, 4) is 0 Å². The fraction of sp³-hybridized carbons (Fsp3) is 0.562. The Kier molecular flexibility index (Phi) is 12.9. The predicted molar refractivity (Wildman–Crippen MR) is 90.8 cm³/mol. The number of hydroxylamine groups is 2. The van der Waals surface area contributed by atoms with E-state index in [0.29, 0.717) is 10.6 Å². The van der Waals surface area contributed by atoms with E-state index in [0.717, 1.165) is 0 Å². The molecule has 0 aliphatic carbocycles. The van der Waals surface area contributed by atoms with Gasteiger partial charge in [0, 0.05) is 6.42 Å². The Bertz CT molecular complexity index is 657. The summed E-state index contributed by atoms with van der Waals surface area (Å²) < 4.78 is 42.9. The third-order valence-electron chi connectivity index (χ3n) is 3.67. The smallest absolute Gasteiger partial charge is 0.774 e. The predicted octanol–water partition coefficient (Wildman–Crippen LogP) is -2.76. The van der Waals surface area contributed by atoms with E-state index >= 15 is 0 Å². The largest absolute Gasteiger partial charge is 1.00 e. The van der Waals surface area contributed by atoms with E-state index in [9.17, 15) is 38.4 Å². The summed E-state index contributed by atoms with van der Waals surface area (Å²) in [4.78, 5) is 27.5. The van der Waals surface area contributed by atoms with Crippen molar-refractivity contribution in [2.75, 3.05) is 13.2 Å². The van der Waals surface area contributed by atoms with Gasteiger partial charge in [-0.15, -0.1) is 0 Å². The molecule has 1 aromatic carbocycles. The molecule has 1 aromatic rings. The summed E-state index contributed by atoms with van der Waals surface area (Å²) in [6.45, 7) is -0.0266. The van der Waals surface area contributed by atoms with E-state index in [-0.39, 0.29) is 42.6 Å². The van der Waals surface area contributed by atoms with Crippen molar-refractivity contribution in [3.63, 3.8) is 0 Å². The molecule has 0 spiro atoms. The van der Waals surface area contributed by atoms with E-state index in [4.69, 9.17) is 4.84 Å². The van der Waals surface area contributed by atoms with Crippen LogP contribution in [0.15, 0.2) is 30.3 Å². The molecule has 0 radical (unpaired) electrons. The molecule has 0 saturated heterocycles. The molecule has 29 heavy (non-hydrogen) atoms. The third kappa shape index (κ3) is 9.06. The molecule has 0 aliphatic rings. The molecular weight excluding hydrogens is 426 g/mol. The number of halogens is 2. The summed E-state index contributed by atoms with van der Waals surface area (Å²) in [5.41, 5.74) is -3.76. The van der Waals surface area contributed by atoms with Crippen LogP contribution in [0.5, 0.6) is 0 Å². The molecule has 9 nitrogen and oxygen atoms in total. The van der Waals surface area contributed by atoms with Crippen molar-refractivity contribution >= 4 is 14.0 Å². The standard InChI is InChI=1S/C16H24F2NO8P.Na/c1-2-27-28(24,25)16(17,18)8-13(21)15(23)14(22)9-19(11-20)26-10-12-6-4-3-5-7-12;/h3-7,11,13-15,21-23H,2,8-10H2,1H3,(H,24,25);/q;+1/p-1/t13-,14+,15-;/m1./s1. The molecule has 1 unspecified atom stereocenters. The van der Waals surface area contributed by atoms with E-state index in [1.807, 2.05) is 0 Å². The maximum Gasteiger partial charge on any atom is 1.00 e. The van der Waals surface area contributed by atoms with Gasteiger partial charge in [-0.05, 0) is 12.5 Å². The first-order valence-corrected chi connectivity index (χ1v) is 9.84. The minimum atomic E-state index is -5.62. The molecule has 160 valence electrons. The van der Waals surface area contributed by atoms with Crippen LogP contribution in [-0.4, -0.2) is 63.9 Å². The number of aliphatic hydroxyl groups excluding tert-OH is 3. The second kappa shape index (κ2) is 13.1. The Morgan fingerprint density at radius 2 is 1.83 bits per heavy atom. The van der Waals surface area contributed by atoms with Gasteiger partial charge < -0.3 is 29.3 Å². The zero-order valence-corrected chi connectivity index (χ0v) is 19.0. The number of alkyl halides is 2. The SMILES string of the molecule is CCOP(=O)([O-])C(F)(F)C[C@@H](O)[C@@H](O)[C@@H](O)CN(C=O)OCc1ccccc1.[Na+]. The number of rotatable bonds is 13. The topological polar surface area (TPSA) is 140 Å². The number of carbonyl (C=O) groups excluding carboxylic acids is 1. The third-order valence-corrected chi connectivity index (χ3v) is 5.25. The van der Waals surface area contributed by atoms with Crippen LogP contribution in [0.1, 0.15) is 18.9 Å². The number of amides is 1. The van der Waals surface area contributed by atoms with E-state index in [2.05, 4.69) is 4.52 Å². The Morgan fingerprint density at radius 1 is 1.24 bits per heavy atom. The van der Waals surface area contributed by atoms with Crippen LogP contribution >= 0.6 is 7.60 Å². The van der Waals surface area contributed by atoms with Crippen molar-refractivity contribution < 1.29 is 77.3 Å². The normalized spacial score (nSPS) is 16.8. The Balaban J connectivity index is 0.00000784. The summed E-state index contributed by atoms with van der Waals surface area (Å²) in [7, 11) is -5.62. The molecule has 1 amide bonds.